The molecule has 0 amide bonds. The van der Waals surface area contributed by atoms with Crippen molar-refractivity contribution in [1.82, 2.24) is 0 Å². The highest BCUT2D eigenvalue weighted by atomic mass is 16.7. The first kappa shape index (κ1) is 14.0. The van der Waals surface area contributed by atoms with Crippen LogP contribution in [0.4, 0.5) is 4.79 Å². The van der Waals surface area contributed by atoms with Gasteiger partial charge in [0.05, 0.1) is 0 Å². The Labute approximate surface area is 106 Å². The van der Waals surface area contributed by atoms with E-state index in [9.17, 15) is 9.59 Å². The Balaban J connectivity index is 2.47. The second kappa shape index (κ2) is 6.00. The molecule has 0 bridgehead atoms. The third-order valence-corrected chi connectivity index (χ3v) is 1.78. The van der Waals surface area contributed by atoms with Gasteiger partial charge in [-0.15, -0.1) is 0 Å². The lowest BCUT2D eigenvalue weighted by molar-refractivity contribution is -0.135. The summed E-state index contributed by atoms with van der Waals surface area (Å²) in [7, 11) is 0. The summed E-state index contributed by atoms with van der Waals surface area (Å²) >= 11 is 0. The maximum absolute atomic E-state index is 11.3. The monoisotopic (exact) mass is 248 g/mol. The number of carbonyl (C=O) groups excluding carboxylic acids is 2. The zero-order valence-corrected chi connectivity index (χ0v) is 10.7. The summed E-state index contributed by atoms with van der Waals surface area (Å²) in [6.07, 6.45) is 1.75. The Morgan fingerprint density at radius 3 is 2.28 bits per heavy atom. The molecule has 0 aliphatic carbocycles. The largest absolute Gasteiger partial charge is 0.516 e. The van der Waals surface area contributed by atoms with E-state index in [0.29, 0.717) is 0 Å². The highest BCUT2D eigenvalue weighted by Gasteiger charge is 2.19. The maximum Gasteiger partial charge on any atom is 0.516 e. The van der Waals surface area contributed by atoms with Crippen molar-refractivity contribution in [1.29, 1.82) is 0 Å². The van der Waals surface area contributed by atoms with Gasteiger partial charge in [-0.3, -0.25) is 0 Å². The average molecular weight is 248 g/mol. The molecule has 4 nitrogen and oxygen atoms in total. The zero-order chi connectivity index (χ0) is 13.6. The standard InChI is InChI=1S/C14H16O4/c1-14(2,3)18-13(16)17-12(15)10-9-11-7-5-4-6-8-11/h4-10H,1-3H3/b10-9+. The second-order valence-electron chi connectivity index (χ2n) is 4.63. The quantitative estimate of drug-likeness (QED) is 0.458. The number of carbonyl (C=O) groups is 2. The van der Waals surface area contributed by atoms with Crippen LogP contribution in [0.1, 0.15) is 26.3 Å². The van der Waals surface area contributed by atoms with Gasteiger partial charge in [0, 0.05) is 6.08 Å². The molecule has 4 heteroatoms. The number of hydrogen-bond acceptors (Lipinski definition) is 4. The lowest BCUT2D eigenvalue weighted by atomic mass is 10.2. The molecule has 0 aliphatic heterocycles. The van der Waals surface area contributed by atoms with E-state index in [1.807, 2.05) is 30.3 Å². The van der Waals surface area contributed by atoms with Crippen LogP contribution in [0, 0.1) is 0 Å². The Bertz CT molecular complexity index is 441. The van der Waals surface area contributed by atoms with E-state index in [0.717, 1.165) is 5.56 Å². The van der Waals surface area contributed by atoms with Gasteiger partial charge in [-0.1, -0.05) is 30.3 Å². The molecular weight excluding hydrogens is 232 g/mol. The summed E-state index contributed by atoms with van der Waals surface area (Å²) in [5.41, 5.74) is 0.166. The molecule has 0 saturated heterocycles. The van der Waals surface area contributed by atoms with E-state index in [4.69, 9.17) is 4.74 Å². The molecule has 1 rings (SSSR count). The van der Waals surface area contributed by atoms with Gasteiger partial charge in [-0.25, -0.2) is 9.59 Å². The minimum Gasteiger partial charge on any atom is -0.428 e. The second-order valence-corrected chi connectivity index (χ2v) is 4.63. The minimum atomic E-state index is -0.995. The molecule has 0 radical (unpaired) electrons. The van der Waals surface area contributed by atoms with Gasteiger partial charge in [-0.2, -0.15) is 0 Å². The molecule has 18 heavy (non-hydrogen) atoms. The molecule has 1 aromatic rings. The SMILES string of the molecule is CC(C)(C)OC(=O)OC(=O)/C=C/c1ccccc1. The minimum absolute atomic E-state index is 0.680. The first-order chi connectivity index (χ1) is 8.37. The zero-order valence-electron chi connectivity index (χ0n) is 10.7. The van der Waals surface area contributed by atoms with Crippen LogP contribution in [-0.2, 0) is 14.3 Å². The van der Waals surface area contributed by atoms with E-state index in [1.165, 1.54) is 6.08 Å². The molecule has 0 unspecified atom stereocenters. The van der Waals surface area contributed by atoms with Crippen LogP contribution in [-0.4, -0.2) is 17.7 Å². The van der Waals surface area contributed by atoms with Crippen molar-refractivity contribution in [2.24, 2.45) is 0 Å². The predicted molar refractivity (Wildman–Crippen MR) is 67.8 cm³/mol. The van der Waals surface area contributed by atoms with Gasteiger partial charge in [0.15, 0.2) is 0 Å². The Morgan fingerprint density at radius 1 is 1.11 bits per heavy atom. The summed E-state index contributed by atoms with van der Waals surface area (Å²) in [6, 6.07) is 9.22. The van der Waals surface area contributed by atoms with Gasteiger partial charge in [0.2, 0.25) is 0 Å². The lowest BCUT2D eigenvalue weighted by Gasteiger charge is -2.17. The summed E-state index contributed by atoms with van der Waals surface area (Å²) < 4.78 is 9.31. The number of esters is 1. The van der Waals surface area contributed by atoms with Crippen LogP contribution in [0.2, 0.25) is 0 Å². The first-order valence-corrected chi connectivity index (χ1v) is 5.55. The van der Waals surface area contributed by atoms with Gasteiger partial charge in [0.1, 0.15) is 5.60 Å². The van der Waals surface area contributed by atoms with E-state index < -0.39 is 17.7 Å². The number of ether oxygens (including phenoxy) is 2. The Morgan fingerprint density at radius 2 is 1.72 bits per heavy atom. The molecule has 0 fully saturated rings. The molecule has 0 heterocycles. The highest BCUT2D eigenvalue weighted by molar-refractivity contribution is 5.93. The van der Waals surface area contributed by atoms with Crippen molar-refractivity contribution in [2.75, 3.05) is 0 Å². The number of benzene rings is 1. The fourth-order valence-electron chi connectivity index (χ4n) is 1.12. The first-order valence-electron chi connectivity index (χ1n) is 5.55. The van der Waals surface area contributed by atoms with E-state index in [-0.39, 0.29) is 0 Å². The van der Waals surface area contributed by atoms with Crippen molar-refractivity contribution in [3.05, 3.63) is 42.0 Å². The molecule has 0 spiro atoms. The molecule has 0 aliphatic rings. The molecule has 0 atom stereocenters. The normalized spacial score (nSPS) is 11.3. The van der Waals surface area contributed by atoms with Crippen LogP contribution in [0.5, 0.6) is 0 Å². The molecule has 1 aromatic carbocycles. The molecular formula is C14H16O4. The van der Waals surface area contributed by atoms with Crippen LogP contribution in [0.3, 0.4) is 0 Å². The summed E-state index contributed by atoms with van der Waals surface area (Å²) in [5.74, 6) is -0.756. The maximum atomic E-state index is 11.3. The predicted octanol–water partition coefficient (Wildman–Crippen LogP) is 3.18. The van der Waals surface area contributed by atoms with Crippen molar-refractivity contribution in [3.8, 4) is 0 Å². The van der Waals surface area contributed by atoms with Crippen molar-refractivity contribution in [2.45, 2.75) is 26.4 Å². The van der Waals surface area contributed by atoms with Gasteiger partial charge >= 0.3 is 12.1 Å². The molecule has 0 N–H and O–H groups in total. The Kier molecular flexibility index (Phi) is 4.66. The van der Waals surface area contributed by atoms with E-state index in [2.05, 4.69) is 4.74 Å². The van der Waals surface area contributed by atoms with Crippen molar-refractivity contribution in [3.63, 3.8) is 0 Å². The Hall–Kier alpha value is -2.10. The average Bonchev–Trinajstić information content (AvgIpc) is 2.25. The van der Waals surface area contributed by atoms with Crippen molar-refractivity contribution >= 4 is 18.2 Å². The molecule has 0 saturated carbocycles. The topological polar surface area (TPSA) is 52.6 Å². The summed E-state index contributed by atoms with van der Waals surface area (Å²) in [6.45, 7) is 5.08. The number of hydrogen-bond donors (Lipinski definition) is 0. The van der Waals surface area contributed by atoms with Gasteiger partial charge < -0.3 is 9.47 Å². The summed E-state index contributed by atoms with van der Waals surface area (Å²) in [5, 5.41) is 0. The van der Waals surface area contributed by atoms with Gasteiger partial charge in [-0.05, 0) is 32.4 Å². The molecule has 0 aromatic heterocycles. The van der Waals surface area contributed by atoms with Crippen LogP contribution in [0.15, 0.2) is 36.4 Å². The third kappa shape index (κ3) is 5.84. The fourth-order valence-corrected chi connectivity index (χ4v) is 1.12. The third-order valence-electron chi connectivity index (χ3n) is 1.78. The van der Waals surface area contributed by atoms with Crippen LogP contribution in [0.25, 0.3) is 6.08 Å². The fraction of sp³-hybridized carbons (Fsp3) is 0.286. The van der Waals surface area contributed by atoms with E-state index in [1.54, 1.807) is 26.8 Å². The molecule has 96 valence electrons. The van der Waals surface area contributed by atoms with Gasteiger partial charge in [0.25, 0.3) is 0 Å². The lowest BCUT2D eigenvalue weighted by Crippen LogP contribution is -2.25. The van der Waals surface area contributed by atoms with E-state index >= 15 is 0 Å². The number of rotatable bonds is 2. The van der Waals surface area contributed by atoms with Crippen molar-refractivity contribution < 1.29 is 19.1 Å². The smallest absolute Gasteiger partial charge is 0.428 e. The summed E-state index contributed by atoms with van der Waals surface area (Å²) in [4.78, 5) is 22.5. The van der Waals surface area contributed by atoms with Crippen LogP contribution < -0.4 is 0 Å². The highest BCUT2D eigenvalue weighted by Crippen LogP contribution is 2.08. The van der Waals surface area contributed by atoms with Crippen LogP contribution >= 0.6 is 0 Å².